The summed E-state index contributed by atoms with van der Waals surface area (Å²) in [6.45, 7) is 8.15. The molecule has 0 spiro atoms. The molecule has 2 heterocycles. The zero-order chi connectivity index (χ0) is 27.6. The van der Waals surface area contributed by atoms with E-state index >= 15 is 0 Å². The first-order chi connectivity index (χ1) is 18.0. The average Bonchev–Trinajstić information content (AvgIpc) is 3.34. The molecule has 1 aliphatic heterocycles. The topological polar surface area (TPSA) is 79.7 Å². The molecule has 2 atom stereocenters. The van der Waals surface area contributed by atoms with Gasteiger partial charge >= 0.3 is 0 Å². The quantitative estimate of drug-likeness (QED) is 0.418. The van der Waals surface area contributed by atoms with Crippen LogP contribution in [-0.2, 0) is 14.6 Å². The Balaban J connectivity index is 1.43. The molecule has 9 heteroatoms. The predicted molar refractivity (Wildman–Crippen MR) is 148 cm³/mol. The molecule has 1 aliphatic rings. The molecule has 7 nitrogen and oxygen atoms in total. The molecular weight excluding hydrogens is 505 g/mol. The first-order valence-electron chi connectivity index (χ1n) is 13.1. The van der Waals surface area contributed by atoms with Crippen molar-refractivity contribution >= 4 is 32.6 Å². The fraction of sp³-hybridized carbons (Fsp3) is 0.448. The molecule has 1 fully saturated rings. The molecule has 2 aromatic carbocycles. The van der Waals surface area contributed by atoms with Crippen LogP contribution in [0.1, 0.15) is 56.0 Å². The van der Waals surface area contributed by atoms with Crippen LogP contribution in [0.3, 0.4) is 0 Å². The molecule has 4 rings (SSSR count). The number of hydrogen-bond donors (Lipinski definition) is 0. The molecular formula is C29H36FN3O4S. The van der Waals surface area contributed by atoms with Crippen molar-refractivity contribution in [3.63, 3.8) is 0 Å². The third kappa shape index (κ3) is 5.93. The molecule has 0 bridgehead atoms. The van der Waals surface area contributed by atoms with E-state index in [1.807, 2.05) is 61.7 Å². The minimum Gasteiger partial charge on any atom is -0.337 e. The van der Waals surface area contributed by atoms with E-state index in [0.29, 0.717) is 38.2 Å². The Bertz CT molecular complexity index is 1410. The minimum atomic E-state index is -3.06. The number of nitrogens with zero attached hydrogens (tertiary/aromatic N) is 3. The van der Waals surface area contributed by atoms with Gasteiger partial charge in [0, 0.05) is 49.0 Å². The molecule has 0 radical (unpaired) electrons. The highest BCUT2D eigenvalue weighted by Crippen LogP contribution is 2.26. The van der Waals surface area contributed by atoms with Crippen LogP contribution in [0.15, 0.2) is 54.7 Å². The monoisotopic (exact) mass is 541 g/mol. The maximum Gasteiger partial charge on any atom is 0.256 e. The van der Waals surface area contributed by atoms with Crippen molar-refractivity contribution < 1.29 is 22.4 Å². The number of aromatic nitrogens is 1. The lowest BCUT2D eigenvalue weighted by atomic mass is 9.98. The van der Waals surface area contributed by atoms with Gasteiger partial charge in [0.2, 0.25) is 0 Å². The van der Waals surface area contributed by atoms with Crippen LogP contribution in [0.2, 0.25) is 0 Å². The fourth-order valence-electron chi connectivity index (χ4n) is 4.77. The number of sulfone groups is 1. The van der Waals surface area contributed by atoms with Gasteiger partial charge in [0.25, 0.3) is 11.8 Å². The van der Waals surface area contributed by atoms with E-state index in [0.717, 1.165) is 22.2 Å². The zero-order valence-electron chi connectivity index (χ0n) is 22.4. The van der Waals surface area contributed by atoms with E-state index in [1.165, 1.54) is 11.8 Å². The first kappa shape index (κ1) is 27.8. The summed E-state index contributed by atoms with van der Waals surface area (Å²) in [5, 5.41) is 0.578. The summed E-state index contributed by atoms with van der Waals surface area (Å²) in [7, 11) is -3.06. The standard InChI is InChI=1S/C29H36FN3O4S/c1-20(2)38(36,37)18-12-21(3)23-5-8-26(9-6-23)33-13-11-24-19-25(7-10-27(24)33)29(35)32-16-14-31(15-17-32)28(34)22(4)30/h5-11,13,19-22H,12,14-18H2,1-4H3/t21-,22?/m0/s1. The number of rotatable bonds is 8. The van der Waals surface area contributed by atoms with Crippen molar-refractivity contribution in [2.45, 2.75) is 51.5 Å². The summed E-state index contributed by atoms with van der Waals surface area (Å²) in [4.78, 5) is 28.1. The molecule has 38 heavy (non-hydrogen) atoms. The summed E-state index contributed by atoms with van der Waals surface area (Å²) in [5.41, 5.74) is 3.62. The van der Waals surface area contributed by atoms with Gasteiger partial charge < -0.3 is 14.4 Å². The molecule has 0 N–H and O–H groups in total. The number of alkyl halides is 1. The second-order valence-corrected chi connectivity index (χ2v) is 13.1. The maximum absolute atomic E-state index is 13.3. The number of piperazine rings is 1. The van der Waals surface area contributed by atoms with Gasteiger partial charge in [0.1, 0.15) is 0 Å². The van der Waals surface area contributed by atoms with E-state index in [1.54, 1.807) is 18.7 Å². The summed E-state index contributed by atoms with van der Waals surface area (Å²) < 4.78 is 39.7. The van der Waals surface area contributed by atoms with Crippen LogP contribution in [-0.4, -0.2) is 78.0 Å². The van der Waals surface area contributed by atoms with Gasteiger partial charge in [-0.1, -0.05) is 19.1 Å². The van der Waals surface area contributed by atoms with Gasteiger partial charge in [-0.05, 0) is 75.1 Å². The van der Waals surface area contributed by atoms with Crippen LogP contribution >= 0.6 is 0 Å². The Hall–Kier alpha value is -3.20. The van der Waals surface area contributed by atoms with Gasteiger partial charge in [-0.15, -0.1) is 0 Å². The second-order valence-electron chi connectivity index (χ2n) is 10.4. The van der Waals surface area contributed by atoms with E-state index < -0.39 is 21.9 Å². The van der Waals surface area contributed by atoms with E-state index in [-0.39, 0.29) is 22.8 Å². The Kier molecular flexibility index (Phi) is 8.25. The van der Waals surface area contributed by atoms with Gasteiger partial charge in [0.05, 0.1) is 16.5 Å². The van der Waals surface area contributed by atoms with Gasteiger partial charge in [-0.25, -0.2) is 12.8 Å². The highest BCUT2D eigenvalue weighted by atomic mass is 32.2. The summed E-state index contributed by atoms with van der Waals surface area (Å²) in [6.07, 6.45) is 1.02. The lowest BCUT2D eigenvalue weighted by Crippen LogP contribution is -2.52. The van der Waals surface area contributed by atoms with Crippen LogP contribution in [0, 0.1) is 0 Å². The molecule has 1 saturated heterocycles. The number of fused-ring (bicyclic) bond motifs is 1. The molecule has 204 valence electrons. The fourth-order valence-corrected chi connectivity index (χ4v) is 5.93. The molecule has 0 aliphatic carbocycles. The smallest absolute Gasteiger partial charge is 0.256 e. The Morgan fingerprint density at radius 2 is 1.53 bits per heavy atom. The largest absolute Gasteiger partial charge is 0.337 e. The highest BCUT2D eigenvalue weighted by molar-refractivity contribution is 7.91. The van der Waals surface area contributed by atoms with Crippen LogP contribution in [0.4, 0.5) is 4.39 Å². The summed E-state index contributed by atoms with van der Waals surface area (Å²) in [6, 6.07) is 15.7. The van der Waals surface area contributed by atoms with Crippen molar-refractivity contribution in [3.8, 4) is 5.69 Å². The third-order valence-electron chi connectivity index (χ3n) is 7.45. The number of hydrogen-bond acceptors (Lipinski definition) is 4. The lowest BCUT2D eigenvalue weighted by molar-refractivity contribution is -0.137. The molecule has 2 amide bonds. The minimum absolute atomic E-state index is 0.0992. The van der Waals surface area contributed by atoms with Gasteiger partial charge in [-0.3, -0.25) is 9.59 Å². The Labute approximate surface area is 224 Å². The summed E-state index contributed by atoms with van der Waals surface area (Å²) in [5.74, 6) is -0.311. The average molecular weight is 542 g/mol. The normalized spacial score (nSPS) is 16.2. The van der Waals surface area contributed by atoms with Crippen LogP contribution in [0.25, 0.3) is 16.6 Å². The van der Waals surface area contributed by atoms with Gasteiger partial charge in [-0.2, -0.15) is 0 Å². The summed E-state index contributed by atoms with van der Waals surface area (Å²) >= 11 is 0. The lowest BCUT2D eigenvalue weighted by Gasteiger charge is -2.35. The second kappa shape index (κ2) is 11.3. The molecule has 1 unspecified atom stereocenters. The predicted octanol–water partition coefficient (Wildman–Crippen LogP) is 4.59. The van der Waals surface area contributed by atoms with Crippen molar-refractivity contribution in [2.75, 3.05) is 31.9 Å². The van der Waals surface area contributed by atoms with Gasteiger partial charge in [0.15, 0.2) is 16.0 Å². The van der Waals surface area contributed by atoms with Crippen molar-refractivity contribution in [2.24, 2.45) is 0 Å². The first-order valence-corrected chi connectivity index (χ1v) is 14.8. The number of amides is 2. The number of halogens is 1. The SMILES string of the molecule is CC(F)C(=O)N1CCN(C(=O)c2ccc3c(ccn3-c3ccc([C@@H](C)CCS(=O)(=O)C(C)C)cc3)c2)CC1. The van der Waals surface area contributed by atoms with Crippen LogP contribution in [0.5, 0.6) is 0 Å². The number of carbonyl (C=O) groups excluding carboxylic acids is 2. The molecule has 1 aromatic heterocycles. The maximum atomic E-state index is 13.3. The van der Waals surface area contributed by atoms with Crippen molar-refractivity contribution in [1.82, 2.24) is 14.4 Å². The Morgan fingerprint density at radius 1 is 0.895 bits per heavy atom. The van der Waals surface area contributed by atoms with Crippen molar-refractivity contribution in [1.29, 1.82) is 0 Å². The number of carbonyl (C=O) groups is 2. The Morgan fingerprint density at radius 3 is 2.13 bits per heavy atom. The zero-order valence-corrected chi connectivity index (χ0v) is 23.2. The molecule has 3 aromatic rings. The number of benzene rings is 2. The van der Waals surface area contributed by atoms with Crippen molar-refractivity contribution in [3.05, 3.63) is 65.9 Å². The third-order valence-corrected chi connectivity index (χ3v) is 9.69. The van der Waals surface area contributed by atoms with Crippen LogP contribution < -0.4 is 0 Å². The van der Waals surface area contributed by atoms with E-state index in [4.69, 9.17) is 0 Å². The molecule has 0 saturated carbocycles. The highest BCUT2D eigenvalue weighted by Gasteiger charge is 2.27. The van der Waals surface area contributed by atoms with E-state index in [2.05, 4.69) is 4.57 Å². The van der Waals surface area contributed by atoms with E-state index in [9.17, 15) is 22.4 Å².